The Bertz CT molecular complexity index is 425. The summed E-state index contributed by atoms with van der Waals surface area (Å²) in [6.07, 6.45) is 11.1. The van der Waals surface area contributed by atoms with E-state index >= 15 is 0 Å². The molecule has 3 N–H and O–H groups in total. The van der Waals surface area contributed by atoms with Gasteiger partial charge in [-0.1, -0.05) is 46.0 Å². The van der Waals surface area contributed by atoms with Crippen LogP contribution in [0.25, 0.3) is 0 Å². The molecule has 2 unspecified atom stereocenters. The van der Waals surface area contributed by atoms with Gasteiger partial charge in [0.25, 0.3) is 0 Å². The first-order valence-electron chi connectivity index (χ1n) is 10.6. The normalized spacial score (nSPS) is 13.1. The van der Waals surface area contributed by atoms with Gasteiger partial charge in [0.2, 0.25) is 5.91 Å². The Morgan fingerprint density at radius 2 is 1.44 bits per heavy atom. The predicted molar refractivity (Wildman–Crippen MR) is 106 cm³/mol. The smallest absolute Gasteiger partial charge is 0.305 e. The number of amides is 1. The molecule has 0 saturated heterocycles. The Balaban J connectivity index is 4.17. The third-order valence-electron chi connectivity index (χ3n) is 4.89. The zero-order valence-electron chi connectivity index (χ0n) is 17.2. The Kier molecular flexibility index (Phi) is 15.6. The average Bonchev–Trinajstić information content (AvgIpc) is 2.62. The largest absolute Gasteiger partial charge is 0.481 e. The number of carbonyl (C=O) groups excluding carboxylic acids is 2. The van der Waals surface area contributed by atoms with E-state index in [4.69, 9.17) is 15.6 Å². The van der Waals surface area contributed by atoms with Gasteiger partial charge in [0, 0.05) is 18.8 Å². The highest BCUT2D eigenvalue weighted by molar-refractivity contribution is 5.76. The molecule has 0 aliphatic carbocycles. The number of ether oxygens (including phenoxy) is 1. The topological polar surface area (TPSA) is 107 Å². The first kappa shape index (κ1) is 25.4. The fourth-order valence-electron chi connectivity index (χ4n) is 3.19. The van der Waals surface area contributed by atoms with Gasteiger partial charge in [-0.25, -0.2) is 0 Å². The van der Waals surface area contributed by atoms with Crippen molar-refractivity contribution in [3.05, 3.63) is 0 Å². The van der Waals surface area contributed by atoms with Crippen molar-refractivity contribution in [2.45, 2.75) is 110 Å². The quantitative estimate of drug-likeness (QED) is 0.265. The van der Waals surface area contributed by atoms with Gasteiger partial charge >= 0.3 is 11.9 Å². The van der Waals surface area contributed by atoms with Gasteiger partial charge in [-0.05, 0) is 44.9 Å². The zero-order chi connectivity index (χ0) is 20.5. The van der Waals surface area contributed by atoms with Crippen LogP contribution in [0.3, 0.4) is 0 Å². The number of hydrogen-bond acceptors (Lipinski definition) is 4. The van der Waals surface area contributed by atoms with Gasteiger partial charge in [0.05, 0.1) is 0 Å². The van der Waals surface area contributed by atoms with Crippen LogP contribution in [0.4, 0.5) is 0 Å². The molecule has 0 bridgehead atoms. The lowest BCUT2D eigenvalue weighted by atomic mass is 9.93. The van der Waals surface area contributed by atoms with Crippen molar-refractivity contribution in [1.29, 1.82) is 0 Å². The second-order valence-electron chi connectivity index (χ2n) is 7.34. The number of aliphatic carboxylic acids is 1. The fraction of sp³-hybridized carbons (Fsp3) is 0.857. The monoisotopic (exact) mass is 385 g/mol. The highest BCUT2D eigenvalue weighted by atomic mass is 16.5. The summed E-state index contributed by atoms with van der Waals surface area (Å²) in [5.74, 6) is -1.34. The Labute approximate surface area is 164 Å². The lowest BCUT2D eigenvalue weighted by molar-refractivity contribution is -0.149. The Morgan fingerprint density at radius 3 is 2.04 bits per heavy atom. The lowest BCUT2D eigenvalue weighted by Gasteiger charge is -2.19. The summed E-state index contributed by atoms with van der Waals surface area (Å²) in [5.41, 5.74) is 5.53. The summed E-state index contributed by atoms with van der Waals surface area (Å²) in [7, 11) is 0. The molecule has 1 amide bonds. The van der Waals surface area contributed by atoms with Crippen LogP contribution in [0.2, 0.25) is 0 Å². The predicted octanol–water partition coefficient (Wildman–Crippen LogP) is 4.59. The minimum atomic E-state index is -0.762. The molecule has 158 valence electrons. The van der Waals surface area contributed by atoms with Crippen molar-refractivity contribution in [3.8, 4) is 0 Å². The van der Waals surface area contributed by atoms with E-state index < -0.39 is 5.97 Å². The van der Waals surface area contributed by atoms with Crippen LogP contribution in [-0.4, -0.2) is 29.1 Å². The minimum absolute atomic E-state index is 0.0615. The number of carboxylic acid groups (broad SMARTS) is 1. The lowest BCUT2D eigenvalue weighted by Crippen LogP contribution is -2.24. The Hall–Kier alpha value is -1.59. The van der Waals surface area contributed by atoms with E-state index in [1.54, 1.807) is 6.92 Å². The molecule has 0 heterocycles. The number of unbranched alkanes of at least 4 members (excludes halogenated alkanes) is 5. The van der Waals surface area contributed by atoms with Gasteiger partial charge in [0.15, 0.2) is 0 Å². The molecule has 0 rings (SSSR count). The van der Waals surface area contributed by atoms with Crippen LogP contribution in [0, 0.1) is 5.92 Å². The summed E-state index contributed by atoms with van der Waals surface area (Å²) >= 11 is 0. The molecule has 0 aliphatic heterocycles. The van der Waals surface area contributed by atoms with Gasteiger partial charge in [0.1, 0.15) is 6.10 Å². The van der Waals surface area contributed by atoms with E-state index in [1.165, 1.54) is 0 Å². The summed E-state index contributed by atoms with van der Waals surface area (Å²) in [4.78, 5) is 33.8. The third kappa shape index (κ3) is 15.2. The van der Waals surface area contributed by atoms with Gasteiger partial charge in [-0.15, -0.1) is 0 Å². The number of carboxylic acids is 1. The van der Waals surface area contributed by atoms with E-state index in [-0.39, 0.29) is 30.3 Å². The molecule has 0 saturated carbocycles. The van der Waals surface area contributed by atoms with Crippen LogP contribution in [0.15, 0.2) is 0 Å². The summed E-state index contributed by atoms with van der Waals surface area (Å²) in [6, 6.07) is 0. The number of primary amides is 1. The summed E-state index contributed by atoms with van der Waals surface area (Å²) in [6.45, 7) is 3.94. The number of hydrogen-bond donors (Lipinski definition) is 2. The highest BCUT2D eigenvalue weighted by Crippen LogP contribution is 2.20. The van der Waals surface area contributed by atoms with Crippen LogP contribution < -0.4 is 5.73 Å². The number of rotatable bonds is 18. The summed E-state index contributed by atoms with van der Waals surface area (Å²) in [5, 5.41) is 8.62. The van der Waals surface area contributed by atoms with Crippen LogP contribution >= 0.6 is 0 Å². The number of carbonyl (C=O) groups is 3. The molecule has 0 aromatic carbocycles. The van der Waals surface area contributed by atoms with E-state index in [0.29, 0.717) is 12.8 Å². The molecule has 2 atom stereocenters. The van der Waals surface area contributed by atoms with Crippen LogP contribution in [0.5, 0.6) is 0 Å². The van der Waals surface area contributed by atoms with Crippen molar-refractivity contribution < 1.29 is 24.2 Å². The maximum Gasteiger partial charge on any atom is 0.305 e. The standard InChI is InChI=1S/C21H39NO5/c1-3-5-8-14-18(27-20(25)4-2)15-11-13-17(21(22)26)12-9-6-7-10-16-19(23)24/h17-18H,3-16H2,1-2H3,(H2,22,26)(H,23,24). The molecule has 0 spiro atoms. The van der Waals surface area contributed by atoms with Crippen molar-refractivity contribution in [3.63, 3.8) is 0 Å². The van der Waals surface area contributed by atoms with Crippen molar-refractivity contribution in [1.82, 2.24) is 0 Å². The number of esters is 1. The van der Waals surface area contributed by atoms with Crippen LogP contribution in [-0.2, 0) is 19.1 Å². The molecule has 6 heteroatoms. The SMILES string of the molecule is CCCCCC(CCCC(CCCCCCC(=O)O)C(N)=O)OC(=O)CC. The Morgan fingerprint density at radius 1 is 0.852 bits per heavy atom. The first-order chi connectivity index (χ1) is 12.9. The van der Waals surface area contributed by atoms with Gasteiger partial charge in [-0.3, -0.25) is 14.4 Å². The second-order valence-corrected chi connectivity index (χ2v) is 7.34. The molecule has 0 radical (unpaired) electrons. The molecule has 27 heavy (non-hydrogen) atoms. The second kappa shape index (κ2) is 16.6. The minimum Gasteiger partial charge on any atom is -0.481 e. The van der Waals surface area contributed by atoms with Gasteiger partial charge in [-0.2, -0.15) is 0 Å². The molecule has 6 nitrogen and oxygen atoms in total. The van der Waals surface area contributed by atoms with Crippen molar-refractivity contribution in [2.24, 2.45) is 11.7 Å². The van der Waals surface area contributed by atoms with E-state index in [0.717, 1.165) is 70.6 Å². The number of nitrogens with two attached hydrogens (primary N) is 1. The maximum atomic E-state index is 11.7. The molecular formula is C21H39NO5. The zero-order valence-corrected chi connectivity index (χ0v) is 17.2. The van der Waals surface area contributed by atoms with Gasteiger partial charge < -0.3 is 15.6 Å². The van der Waals surface area contributed by atoms with E-state index in [2.05, 4.69) is 6.92 Å². The summed E-state index contributed by atoms with van der Waals surface area (Å²) < 4.78 is 5.53. The average molecular weight is 386 g/mol. The molecule has 0 aromatic rings. The molecular weight excluding hydrogens is 346 g/mol. The molecule has 0 aromatic heterocycles. The molecule has 0 fully saturated rings. The molecule has 0 aliphatic rings. The first-order valence-corrected chi connectivity index (χ1v) is 10.6. The van der Waals surface area contributed by atoms with Crippen molar-refractivity contribution in [2.75, 3.05) is 0 Å². The fourth-order valence-corrected chi connectivity index (χ4v) is 3.19. The highest BCUT2D eigenvalue weighted by Gasteiger charge is 2.18. The van der Waals surface area contributed by atoms with Crippen molar-refractivity contribution >= 4 is 17.8 Å². The van der Waals surface area contributed by atoms with E-state index in [9.17, 15) is 14.4 Å². The van der Waals surface area contributed by atoms with Crippen LogP contribution in [0.1, 0.15) is 104 Å². The van der Waals surface area contributed by atoms with E-state index in [1.807, 2.05) is 0 Å². The third-order valence-corrected chi connectivity index (χ3v) is 4.89. The maximum absolute atomic E-state index is 11.7.